The van der Waals surface area contributed by atoms with Crippen LogP contribution in [0.25, 0.3) is 0 Å². The maximum absolute atomic E-state index is 5.74. The Labute approximate surface area is 149 Å². The van der Waals surface area contributed by atoms with Gasteiger partial charge in [0, 0.05) is 11.4 Å². The molecular formula is C23H23NO. The molecule has 0 fully saturated rings. The summed E-state index contributed by atoms with van der Waals surface area (Å²) < 4.78 is 5.74. The number of anilines is 3. The summed E-state index contributed by atoms with van der Waals surface area (Å²) in [5.41, 5.74) is 7.57. The molecule has 1 aliphatic heterocycles. The van der Waals surface area contributed by atoms with Crippen molar-refractivity contribution < 1.29 is 4.74 Å². The number of rotatable bonds is 2. The number of ether oxygens (including phenoxy) is 1. The summed E-state index contributed by atoms with van der Waals surface area (Å²) in [5, 5.41) is 0. The highest BCUT2D eigenvalue weighted by molar-refractivity contribution is 5.83. The molecule has 126 valence electrons. The summed E-state index contributed by atoms with van der Waals surface area (Å²) in [4.78, 5) is 2.36. The molecule has 0 aliphatic carbocycles. The molecule has 0 amide bonds. The van der Waals surface area contributed by atoms with Crippen molar-refractivity contribution in [1.82, 2.24) is 0 Å². The van der Waals surface area contributed by atoms with Crippen LogP contribution >= 0.6 is 0 Å². The number of fused-ring (bicyclic) bond motifs is 2. The van der Waals surface area contributed by atoms with E-state index in [1.54, 1.807) is 7.11 Å². The zero-order valence-corrected chi connectivity index (χ0v) is 14.8. The Morgan fingerprint density at radius 3 is 1.96 bits per heavy atom. The van der Waals surface area contributed by atoms with Crippen LogP contribution in [0, 0.1) is 6.92 Å². The lowest BCUT2D eigenvalue weighted by Crippen LogP contribution is -2.17. The fourth-order valence-corrected chi connectivity index (χ4v) is 3.71. The van der Waals surface area contributed by atoms with Gasteiger partial charge in [-0.2, -0.15) is 0 Å². The second-order valence-electron chi connectivity index (χ2n) is 6.62. The molecule has 0 saturated carbocycles. The first kappa shape index (κ1) is 15.8. The van der Waals surface area contributed by atoms with E-state index in [2.05, 4.69) is 78.6 Å². The van der Waals surface area contributed by atoms with E-state index in [9.17, 15) is 0 Å². The summed E-state index contributed by atoms with van der Waals surface area (Å²) in [6.07, 6.45) is 3.36. The lowest BCUT2D eigenvalue weighted by atomic mass is 9.96. The minimum absolute atomic E-state index is 0.908. The Bertz CT molecular complexity index is 853. The van der Waals surface area contributed by atoms with Gasteiger partial charge >= 0.3 is 0 Å². The number of aryl methyl sites for hydroxylation is 3. The number of para-hydroxylation sites is 2. The van der Waals surface area contributed by atoms with E-state index in [0.717, 1.165) is 24.3 Å². The van der Waals surface area contributed by atoms with Crippen LogP contribution in [0.15, 0.2) is 66.7 Å². The van der Waals surface area contributed by atoms with Gasteiger partial charge in [0.25, 0.3) is 0 Å². The fraction of sp³-hybridized carbons (Fsp3) is 0.217. The van der Waals surface area contributed by atoms with Gasteiger partial charge in [-0.05, 0) is 67.1 Å². The van der Waals surface area contributed by atoms with Gasteiger partial charge in [0.05, 0.1) is 12.8 Å². The first-order valence-electron chi connectivity index (χ1n) is 8.88. The summed E-state index contributed by atoms with van der Waals surface area (Å²) in [6, 6.07) is 23.9. The average Bonchev–Trinajstić information content (AvgIpc) is 2.63. The lowest BCUT2D eigenvalue weighted by Gasteiger charge is -2.32. The minimum Gasteiger partial charge on any atom is -0.495 e. The van der Waals surface area contributed by atoms with E-state index in [1.165, 1.54) is 34.5 Å². The van der Waals surface area contributed by atoms with Crippen LogP contribution in [0.2, 0.25) is 0 Å². The van der Waals surface area contributed by atoms with Gasteiger partial charge in [0.1, 0.15) is 5.75 Å². The highest BCUT2D eigenvalue weighted by Gasteiger charge is 2.22. The van der Waals surface area contributed by atoms with Crippen LogP contribution in [0.3, 0.4) is 0 Å². The van der Waals surface area contributed by atoms with Crippen molar-refractivity contribution in [2.45, 2.75) is 26.2 Å². The predicted molar refractivity (Wildman–Crippen MR) is 104 cm³/mol. The van der Waals surface area contributed by atoms with Crippen LogP contribution < -0.4 is 9.64 Å². The number of hydrogen-bond acceptors (Lipinski definition) is 2. The van der Waals surface area contributed by atoms with Gasteiger partial charge < -0.3 is 9.64 Å². The van der Waals surface area contributed by atoms with Gasteiger partial charge in [-0.15, -0.1) is 0 Å². The first-order chi connectivity index (χ1) is 12.3. The minimum atomic E-state index is 0.908. The summed E-state index contributed by atoms with van der Waals surface area (Å²) in [5.74, 6) is 0.908. The molecule has 0 atom stereocenters. The van der Waals surface area contributed by atoms with E-state index in [0.29, 0.717) is 0 Å². The molecule has 0 aromatic heterocycles. The third-order valence-corrected chi connectivity index (χ3v) is 4.93. The van der Waals surface area contributed by atoms with Crippen LogP contribution in [-0.2, 0) is 12.8 Å². The van der Waals surface area contributed by atoms with Gasteiger partial charge in [0.15, 0.2) is 0 Å². The van der Waals surface area contributed by atoms with Crippen molar-refractivity contribution >= 4 is 17.1 Å². The van der Waals surface area contributed by atoms with Crippen molar-refractivity contribution in [1.29, 1.82) is 0 Å². The molecule has 1 aliphatic rings. The van der Waals surface area contributed by atoms with Crippen molar-refractivity contribution in [3.63, 3.8) is 0 Å². The van der Waals surface area contributed by atoms with E-state index in [-0.39, 0.29) is 0 Å². The Morgan fingerprint density at radius 2 is 1.36 bits per heavy atom. The topological polar surface area (TPSA) is 12.5 Å². The van der Waals surface area contributed by atoms with Crippen molar-refractivity contribution in [2.75, 3.05) is 12.0 Å². The molecule has 25 heavy (non-hydrogen) atoms. The predicted octanol–water partition coefficient (Wildman–Crippen LogP) is 5.96. The molecule has 0 bridgehead atoms. The van der Waals surface area contributed by atoms with Crippen molar-refractivity contribution in [2.24, 2.45) is 0 Å². The van der Waals surface area contributed by atoms with Crippen molar-refractivity contribution in [3.8, 4) is 5.75 Å². The highest BCUT2D eigenvalue weighted by Crippen LogP contribution is 2.44. The molecule has 3 aromatic carbocycles. The standard InChI is InChI=1S/C23H23NO/c1-17-14-15-22(23(16-17)25-2)24-20-12-5-3-8-18(20)10-7-11-19-9-4-6-13-21(19)24/h3-6,8-9,12-16H,7,10-11H2,1-2H3. The van der Waals surface area contributed by atoms with Crippen LogP contribution in [0.5, 0.6) is 5.75 Å². The normalized spacial score (nSPS) is 13.4. The zero-order valence-electron chi connectivity index (χ0n) is 14.8. The molecule has 0 spiro atoms. The van der Waals surface area contributed by atoms with Gasteiger partial charge in [-0.3, -0.25) is 0 Å². The number of benzene rings is 3. The molecule has 0 saturated heterocycles. The summed E-state index contributed by atoms with van der Waals surface area (Å²) >= 11 is 0. The Kier molecular flexibility index (Phi) is 4.19. The third kappa shape index (κ3) is 2.89. The third-order valence-electron chi connectivity index (χ3n) is 4.93. The molecule has 1 heterocycles. The molecule has 4 rings (SSSR count). The smallest absolute Gasteiger partial charge is 0.143 e. The largest absolute Gasteiger partial charge is 0.495 e. The molecule has 3 aromatic rings. The molecular weight excluding hydrogens is 306 g/mol. The van der Waals surface area contributed by atoms with Crippen LogP contribution in [-0.4, -0.2) is 7.11 Å². The SMILES string of the molecule is COc1cc(C)ccc1N1c2ccccc2CCCc2ccccc21. The van der Waals surface area contributed by atoms with E-state index < -0.39 is 0 Å². The first-order valence-corrected chi connectivity index (χ1v) is 8.88. The number of methoxy groups -OCH3 is 1. The Balaban J connectivity index is 2.00. The molecule has 0 radical (unpaired) electrons. The molecule has 2 nitrogen and oxygen atoms in total. The summed E-state index contributed by atoms with van der Waals surface area (Å²) in [7, 11) is 1.75. The zero-order chi connectivity index (χ0) is 17.2. The molecule has 0 unspecified atom stereocenters. The average molecular weight is 329 g/mol. The summed E-state index contributed by atoms with van der Waals surface area (Å²) in [6.45, 7) is 2.10. The van der Waals surface area contributed by atoms with E-state index in [4.69, 9.17) is 4.74 Å². The monoisotopic (exact) mass is 329 g/mol. The van der Waals surface area contributed by atoms with Crippen LogP contribution in [0.1, 0.15) is 23.1 Å². The van der Waals surface area contributed by atoms with Gasteiger partial charge in [0.2, 0.25) is 0 Å². The quantitative estimate of drug-likeness (QED) is 0.575. The van der Waals surface area contributed by atoms with Gasteiger partial charge in [-0.25, -0.2) is 0 Å². The number of nitrogens with zero attached hydrogens (tertiary/aromatic N) is 1. The van der Waals surface area contributed by atoms with E-state index in [1.807, 2.05) is 0 Å². The Hall–Kier alpha value is -2.74. The van der Waals surface area contributed by atoms with E-state index >= 15 is 0 Å². The molecule has 2 heteroatoms. The lowest BCUT2D eigenvalue weighted by molar-refractivity contribution is 0.415. The second-order valence-corrected chi connectivity index (χ2v) is 6.62. The Morgan fingerprint density at radius 1 is 0.760 bits per heavy atom. The second kappa shape index (κ2) is 6.64. The van der Waals surface area contributed by atoms with Gasteiger partial charge in [-0.1, -0.05) is 42.5 Å². The maximum Gasteiger partial charge on any atom is 0.143 e. The highest BCUT2D eigenvalue weighted by atomic mass is 16.5. The van der Waals surface area contributed by atoms with Crippen molar-refractivity contribution in [3.05, 3.63) is 83.4 Å². The molecule has 0 N–H and O–H groups in total. The number of hydrogen-bond donors (Lipinski definition) is 0. The van der Waals surface area contributed by atoms with Crippen LogP contribution in [0.4, 0.5) is 17.1 Å². The maximum atomic E-state index is 5.74. The fourth-order valence-electron chi connectivity index (χ4n) is 3.71.